The van der Waals surface area contributed by atoms with E-state index >= 15 is 0 Å². The number of hydrogen-bond donors (Lipinski definition) is 3. The summed E-state index contributed by atoms with van der Waals surface area (Å²) in [6.45, 7) is 0. The Bertz CT molecular complexity index is 72.8. The minimum absolute atomic E-state index is 0. The predicted octanol–water partition coefficient (Wildman–Crippen LogP) is -3.93. The van der Waals surface area contributed by atoms with E-state index in [9.17, 15) is 0 Å². The van der Waals surface area contributed by atoms with Gasteiger partial charge >= 0.3 is 89.7 Å². The van der Waals surface area contributed by atoms with E-state index in [1.165, 1.54) is 0 Å². The van der Waals surface area contributed by atoms with Crippen molar-refractivity contribution >= 4 is 7.82 Å². The van der Waals surface area contributed by atoms with Gasteiger partial charge in [-0.3, -0.25) is 0 Å². The van der Waals surface area contributed by atoms with Crippen LogP contribution in [0.4, 0.5) is 0 Å². The minimum atomic E-state index is -4.64. The molecular formula is H4O5PRbTi. The zero-order valence-electron chi connectivity index (χ0n) is 5.11. The second-order valence-electron chi connectivity index (χ2n) is 0.513. The van der Waals surface area contributed by atoms with E-state index in [0.717, 1.165) is 20.4 Å². The van der Waals surface area contributed by atoms with Gasteiger partial charge in [-0.1, -0.05) is 0 Å². The van der Waals surface area contributed by atoms with Gasteiger partial charge in [0.15, 0.2) is 0 Å². The Balaban J connectivity index is -0.0000000286. The van der Waals surface area contributed by atoms with Crippen molar-refractivity contribution in [2.24, 2.45) is 0 Å². The zero-order chi connectivity index (χ0) is 6.50. The molecule has 0 aliphatic rings. The first-order chi connectivity index (χ1) is 3.00. The fourth-order valence-electron chi connectivity index (χ4n) is 0. The molecular weight excluding hydrogens is 244 g/mol. The first kappa shape index (κ1) is 16.8. The molecule has 0 aliphatic carbocycles. The topological polar surface area (TPSA) is 94.8 Å². The summed E-state index contributed by atoms with van der Waals surface area (Å²) in [7, 11) is -4.64. The van der Waals surface area contributed by atoms with Gasteiger partial charge in [0.1, 0.15) is 0 Å². The molecule has 0 aromatic heterocycles. The summed E-state index contributed by atoms with van der Waals surface area (Å²) in [6.07, 6.45) is 0. The van der Waals surface area contributed by atoms with E-state index in [2.05, 4.69) is 0 Å². The molecule has 44 valence electrons. The van der Waals surface area contributed by atoms with Crippen LogP contribution in [0.15, 0.2) is 0 Å². The molecule has 0 aromatic carbocycles. The molecule has 0 fully saturated rings. The molecule has 0 aliphatic heterocycles. The Labute approximate surface area is 108 Å². The second kappa shape index (κ2) is 9.43. The normalized spacial score (nSPS) is 7.75. The van der Waals surface area contributed by atoms with Crippen LogP contribution < -0.4 is 58.2 Å². The molecule has 0 heterocycles. The van der Waals surface area contributed by atoms with Gasteiger partial charge in [0.2, 0.25) is 0 Å². The summed E-state index contributed by atoms with van der Waals surface area (Å²) in [4.78, 5) is 21.6. The van der Waals surface area contributed by atoms with Crippen LogP contribution in [-0.4, -0.2) is 14.7 Å². The number of rotatable bonds is 0. The van der Waals surface area contributed by atoms with E-state index in [1.54, 1.807) is 0 Å². The van der Waals surface area contributed by atoms with Crippen LogP contribution in [0.25, 0.3) is 0 Å². The third-order valence-electron chi connectivity index (χ3n) is 0. The Hall–Kier alpha value is 2.43. The van der Waals surface area contributed by atoms with Crippen molar-refractivity contribution in [1.82, 2.24) is 0 Å². The molecule has 5 nitrogen and oxygen atoms in total. The molecule has 3 N–H and O–H groups in total. The van der Waals surface area contributed by atoms with Gasteiger partial charge in [-0.05, 0) is 0 Å². The van der Waals surface area contributed by atoms with Crippen LogP contribution in [0.5, 0.6) is 0 Å². The van der Waals surface area contributed by atoms with Crippen LogP contribution in [0.2, 0.25) is 0 Å². The maximum atomic E-state index is 8.88. The van der Waals surface area contributed by atoms with Crippen molar-refractivity contribution in [2.45, 2.75) is 0 Å². The summed E-state index contributed by atoms with van der Waals surface area (Å²) in [6, 6.07) is 0. The molecule has 0 atom stereocenters. The van der Waals surface area contributed by atoms with Gasteiger partial charge in [-0.25, -0.2) is 4.57 Å². The summed E-state index contributed by atoms with van der Waals surface area (Å²) in [5.41, 5.74) is 0. The summed E-state index contributed by atoms with van der Waals surface area (Å²) in [5, 5.41) is 0. The summed E-state index contributed by atoms with van der Waals surface area (Å²) in [5.74, 6) is 0. The van der Waals surface area contributed by atoms with Crippen molar-refractivity contribution < 1.29 is 103 Å². The van der Waals surface area contributed by atoms with Crippen molar-refractivity contribution in [3.63, 3.8) is 0 Å². The fraction of sp³-hybridized carbons (Fsp3) is 0. The minimum Gasteiger partial charge on any atom is 1.00 e. The van der Waals surface area contributed by atoms with Gasteiger partial charge in [-0.2, -0.15) is 0 Å². The maximum absolute atomic E-state index is 8.88. The number of phosphoric acid groups is 1. The van der Waals surface area contributed by atoms with Gasteiger partial charge in [-0.15, -0.1) is 0 Å². The fourth-order valence-corrected chi connectivity index (χ4v) is 0. The maximum Gasteiger partial charge on any atom is 1.00 e. The van der Waals surface area contributed by atoms with E-state index in [4.69, 9.17) is 22.6 Å². The quantitative estimate of drug-likeness (QED) is 0.301. The monoisotopic (exact) mass is 248 g/mol. The summed E-state index contributed by atoms with van der Waals surface area (Å²) < 4.78 is 17.1. The van der Waals surface area contributed by atoms with E-state index in [0.29, 0.717) is 0 Å². The van der Waals surface area contributed by atoms with Crippen LogP contribution in [0, 0.1) is 0 Å². The van der Waals surface area contributed by atoms with Crippen molar-refractivity contribution in [3.8, 4) is 0 Å². The van der Waals surface area contributed by atoms with Crippen molar-refractivity contribution in [2.75, 3.05) is 0 Å². The molecule has 8 heavy (non-hydrogen) atoms. The smallest absolute Gasteiger partial charge is 1.00 e. The Morgan fingerprint density at radius 2 is 1.25 bits per heavy atom. The SMILES string of the molecule is O=P(O)(O)O.[H-].[O]=[Ti].[Rb+]. The second-order valence-corrected chi connectivity index (χ2v) is 1.54. The first-order valence-corrected chi connectivity index (χ1v) is 3.19. The van der Waals surface area contributed by atoms with E-state index in [1.807, 2.05) is 0 Å². The Kier molecular flexibility index (Phi) is 19.8. The Morgan fingerprint density at radius 3 is 1.25 bits per heavy atom. The summed E-state index contributed by atoms with van der Waals surface area (Å²) >= 11 is 0.750. The zero-order valence-corrected chi connectivity index (χ0v) is 11.5. The third kappa shape index (κ3) is 78.8. The molecule has 0 rings (SSSR count). The van der Waals surface area contributed by atoms with Gasteiger partial charge in [0.25, 0.3) is 0 Å². The molecule has 0 spiro atoms. The average Bonchev–Trinajstić information content (AvgIpc) is 1.36. The Morgan fingerprint density at radius 1 is 1.25 bits per heavy atom. The molecule has 0 radical (unpaired) electrons. The molecule has 0 saturated carbocycles. The first-order valence-electron chi connectivity index (χ1n) is 0.987. The molecule has 0 saturated heterocycles. The van der Waals surface area contributed by atoms with Crippen LogP contribution in [-0.2, 0) is 28.3 Å². The van der Waals surface area contributed by atoms with E-state index < -0.39 is 7.82 Å². The molecule has 0 unspecified atom stereocenters. The molecule has 0 bridgehead atoms. The van der Waals surface area contributed by atoms with Crippen LogP contribution in [0.3, 0.4) is 0 Å². The van der Waals surface area contributed by atoms with Crippen molar-refractivity contribution in [1.29, 1.82) is 0 Å². The largest absolute Gasteiger partial charge is 1.00 e. The van der Waals surface area contributed by atoms with Gasteiger partial charge in [0, 0.05) is 0 Å². The molecule has 0 amide bonds. The third-order valence-corrected chi connectivity index (χ3v) is 0. The van der Waals surface area contributed by atoms with Crippen molar-refractivity contribution in [3.05, 3.63) is 0 Å². The van der Waals surface area contributed by atoms with Gasteiger partial charge in [0.05, 0.1) is 0 Å². The molecule has 0 aromatic rings. The van der Waals surface area contributed by atoms with Gasteiger partial charge < -0.3 is 16.1 Å². The van der Waals surface area contributed by atoms with Crippen LogP contribution in [0.1, 0.15) is 1.43 Å². The van der Waals surface area contributed by atoms with Crippen LogP contribution >= 0.6 is 7.82 Å². The standard InChI is InChI=1S/H3O4P.O.Rb.Ti.H/c1-5(2,3)4;;;;/h(H3,1,2,3,4);;;;/q;;+1;;-1. The number of hydrogen-bond acceptors (Lipinski definition) is 2. The average molecular weight is 248 g/mol. The molecule has 8 heteroatoms. The van der Waals surface area contributed by atoms with E-state index in [-0.39, 0.29) is 59.6 Å². The predicted molar refractivity (Wildman–Crippen MR) is 16.1 cm³/mol.